The van der Waals surface area contributed by atoms with Crippen molar-refractivity contribution in [3.05, 3.63) is 53.1 Å². The molecule has 0 unspecified atom stereocenters. The molecule has 1 amide bonds. The Morgan fingerprint density at radius 2 is 1.96 bits per heavy atom. The molecule has 0 aliphatic heterocycles. The number of anilines is 1. The predicted molar refractivity (Wildman–Crippen MR) is 87.9 cm³/mol. The molecule has 0 spiro atoms. The third-order valence-electron chi connectivity index (χ3n) is 3.08. The van der Waals surface area contributed by atoms with Crippen LogP contribution in [-0.4, -0.2) is 19.1 Å². The molecule has 5 nitrogen and oxygen atoms in total. The summed E-state index contributed by atoms with van der Waals surface area (Å²) in [6.45, 7) is 1.63. The minimum absolute atomic E-state index is 0.338. The van der Waals surface area contributed by atoms with E-state index in [-0.39, 0.29) is 5.91 Å². The number of benzene rings is 2. The van der Waals surface area contributed by atoms with Crippen LogP contribution in [-0.2, 0) is 4.79 Å². The molecule has 1 atom stereocenters. The number of amides is 1. The maximum atomic E-state index is 12.2. The molecule has 6 heteroatoms. The molecule has 23 heavy (non-hydrogen) atoms. The van der Waals surface area contributed by atoms with Gasteiger partial charge in [0.15, 0.2) is 6.10 Å². The van der Waals surface area contributed by atoms with Gasteiger partial charge >= 0.3 is 0 Å². The molecule has 0 fully saturated rings. The molecular formula is C17H15ClN2O3. The van der Waals surface area contributed by atoms with Gasteiger partial charge in [0.1, 0.15) is 11.5 Å². The van der Waals surface area contributed by atoms with Gasteiger partial charge in [-0.1, -0.05) is 11.6 Å². The third kappa shape index (κ3) is 4.38. The number of methoxy groups -OCH3 is 1. The first-order valence-corrected chi connectivity index (χ1v) is 7.22. The molecule has 0 aliphatic rings. The molecule has 0 radical (unpaired) electrons. The van der Waals surface area contributed by atoms with Crippen molar-refractivity contribution in [3.8, 4) is 17.6 Å². The Balaban J connectivity index is 2.05. The molecule has 2 aromatic rings. The Morgan fingerprint density at radius 3 is 2.57 bits per heavy atom. The number of carbonyl (C=O) groups excluding carboxylic acids is 1. The van der Waals surface area contributed by atoms with Crippen molar-refractivity contribution in [2.24, 2.45) is 0 Å². The number of halogens is 1. The number of nitriles is 1. The fraction of sp³-hybridized carbons (Fsp3) is 0.176. The maximum Gasteiger partial charge on any atom is 0.265 e. The zero-order valence-electron chi connectivity index (χ0n) is 12.7. The first-order valence-electron chi connectivity index (χ1n) is 6.84. The maximum absolute atomic E-state index is 12.2. The standard InChI is InChI=1S/C17H15ClN2O3/c1-11(23-14-6-3-12(10-19)4-7-14)17(21)20-15-9-13(18)5-8-16(15)22-2/h3-9,11H,1-2H3,(H,20,21)/t11-/m0/s1. The number of nitrogens with one attached hydrogen (secondary N) is 1. The van der Waals surface area contributed by atoms with E-state index in [1.807, 2.05) is 6.07 Å². The monoisotopic (exact) mass is 330 g/mol. The van der Waals surface area contributed by atoms with Gasteiger partial charge in [-0.25, -0.2) is 0 Å². The van der Waals surface area contributed by atoms with E-state index in [1.54, 1.807) is 49.4 Å². The number of carbonyl (C=O) groups is 1. The van der Waals surface area contributed by atoms with Crippen LogP contribution in [0.3, 0.4) is 0 Å². The molecule has 118 valence electrons. The second-order valence-electron chi connectivity index (χ2n) is 4.73. The Morgan fingerprint density at radius 1 is 1.26 bits per heavy atom. The lowest BCUT2D eigenvalue weighted by molar-refractivity contribution is -0.122. The topological polar surface area (TPSA) is 71.3 Å². The number of hydrogen-bond acceptors (Lipinski definition) is 4. The smallest absolute Gasteiger partial charge is 0.265 e. The molecule has 0 aliphatic carbocycles. The molecule has 2 rings (SSSR count). The Labute approximate surface area is 139 Å². The minimum atomic E-state index is -0.730. The van der Waals surface area contributed by atoms with Crippen LogP contribution >= 0.6 is 11.6 Å². The molecule has 0 aromatic heterocycles. The van der Waals surface area contributed by atoms with Gasteiger partial charge in [-0.05, 0) is 49.4 Å². The second kappa shape index (κ2) is 7.52. The number of rotatable bonds is 5. The summed E-state index contributed by atoms with van der Waals surface area (Å²) in [5.41, 5.74) is 0.999. The number of hydrogen-bond donors (Lipinski definition) is 1. The van der Waals surface area contributed by atoms with Gasteiger partial charge in [-0.15, -0.1) is 0 Å². The van der Waals surface area contributed by atoms with E-state index in [4.69, 9.17) is 26.3 Å². The molecule has 2 aromatic carbocycles. The summed E-state index contributed by atoms with van der Waals surface area (Å²) >= 11 is 5.93. The molecule has 0 saturated heterocycles. The van der Waals surface area contributed by atoms with Crippen LogP contribution in [0.5, 0.6) is 11.5 Å². The van der Waals surface area contributed by atoms with E-state index < -0.39 is 6.10 Å². The zero-order chi connectivity index (χ0) is 16.8. The fourth-order valence-corrected chi connectivity index (χ4v) is 2.05. The van der Waals surface area contributed by atoms with E-state index in [0.717, 1.165) is 0 Å². The summed E-state index contributed by atoms with van der Waals surface area (Å²) in [7, 11) is 1.51. The van der Waals surface area contributed by atoms with Gasteiger partial charge in [0.05, 0.1) is 24.4 Å². The largest absolute Gasteiger partial charge is 0.495 e. The molecule has 0 heterocycles. The van der Waals surface area contributed by atoms with E-state index in [9.17, 15) is 4.79 Å². The van der Waals surface area contributed by atoms with Crippen molar-refractivity contribution in [1.29, 1.82) is 5.26 Å². The highest BCUT2D eigenvalue weighted by Gasteiger charge is 2.17. The van der Waals surface area contributed by atoms with E-state index in [2.05, 4.69) is 5.32 Å². The van der Waals surface area contributed by atoms with Gasteiger partial charge in [0.2, 0.25) is 0 Å². The van der Waals surface area contributed by atoms with Crippen LogP contribution in [0.15, 0.2) is 42.5 Å². The normalized spacial score (nSPS) is 11.2. The van der Waals surface area contributed by atoms with Crippen LogP contribution in [0.1, 0.15) is 12.5 Å². The highest BCUT2D eigenvalue weighted by Crippen LogP contribution is 2.28. The Hall–Kier alpha value is -2.71. The highest BCUT2D eigenvalue weighted by atomic mass is 35.5. The van der Waals surface area contributed by atoms with Crippen molar-refractivity contribution in [3.63, 3.8) is 0 Å². The van der Waals surface area contributed by atoms with Crippen LogP contribution in [0.2, 0.25) is 5.02 Å². The summed E-state index contributed by atoms with van der Waals surface area (Å²) < 4.78 is 10.7. The minimum Gasteiger partial charge on any atom is -0.495 e. The van der Waals surface area contributed by atoms with Gasteiger partial charge in [0.25, 0.3) is 5.91 Å². The summed E-state index contributed by atoms with van der Waals surface area (Å²) in [6, 6.07) is 13.5. The number of nitrogens with zero attached hydrogens (tertiary/aromatic N) is 1. The van der Waals surface area contributed by atoms with E-state index in [0.29, 0.717) is 27.8 Å². The second-order valence-corrected chi connectivity index (χ2v) is 5.17. The number of ether oxygens (including phenoxy) is 2. The lowest BCUT2D eigenvalue weighted by Gasteiger charge is -2.16. The van der Waals surface area contributed by atoms with Gasteiger partial charge in [-0.2, -0.15) is 5.26 Å². The van der Waals surface area contributed by atoms with Crippen molar-refractivity contribution < 1.29 is 14.3 Å². The average Bonchev–Trinajstić information content (AvgIpc) is 2.55. The zero-order valence-corrected chi connectivity index (χ0v) is 13.4. The van der Waals surface area contributed by atoms with Gasteiger partial charge < -0.3 is 14.8 Å². The summed E-state index contributed by atoms with van der Waals surface area (Å²) in [5, 5.41) is 12.0. The van der Waals surface area contributed by atoms with Crippen molar-refractivity contribution in [2.75, 3.05) is 12.4 Å². The fourth-order valence-electron chi connectivity index (χ4n) is 1.88. The van der Waals surface area contributed by atoms with Crippen LogP contribution in [0.25, 0.3) is 0 Å². The van der Waals surface area contributed by atoms with Crippen LogP contribution in [0, 0.1) is 11.3 Å². The summed E-state index contributed by atoms with van der Waals surface area (Å²) in [4.78, 5) is 12.2. The van der Waals surface area contributed by atoms with Crippen LogP contribution in [0.4, 0.5) is 5.69 Å². The van der Waals surface area contributed by atoms with E-state index >= 15 is 0 Å². The van der Waals surface area contributed by atoms with Crippen molar-refractivity contribution >= 4 is 23.2 Å². The molecule has 0 bridgehead atoms. The average molecular weight is 331 g/mol. The SMILES string of the molecule is COc1ccc(Cl)cc1NC(=O)[C@H](C)Oc1ccc(C#N)cc1. The highest BCUT2D eigenvalue weighted by molar-refractivity contribution is 6.31. The van der Waals surface area contributed by atoms with Crippen LogP contribution < -0.4 is 14.8 Å². The third-order valence-corrected chi connectivity index (χ3v) is 3.32. The molecule has 1 N–H and O–H groups in total. The van der Waals surface area contributed by atoms with Gasteiger partial charge in [0, 0.05) is 5.02 Å². The lowest BCUT2D eigenvalue weighted by atomic mass is 10.2. The van der Waals surface area contributed by atoms with Gasteiger partial charge in [-0.3, -0.25) is 4.79 Å². The molecular weight excluding hydrogens is 316 g/mol. The first kappa shape index (κ1) is 16.7. The Bertz CT molecular complexity index is 738. The molecule has 0 saturated carbocycles. The lowest BCUT2D eigenvalue weighted by Crippen LogP contribution is -2.30. The Kier molecular flexibility index (Phi) is 5.45. The van der Waals surface area contributed by atoms with E-state index in [1.165, 1.54) is 7.11 Å². The van der Waals surface area contributed by atoms with Crippen molar-refractivity contribution in [1.82, 2.24) is 0 Å². The predicted octanol–water partition coefficient (Wildman–Crippen LogP) is 3.63. The van der Waals surface area contributed by atoms with Crippen molar-refractivity contribution in [2.45, 2.75) is 13.0 Å². The quantitative estimate of drug-likeness (QED) is 0.908. The summed E-state index contributed by atoms with van der Waals surface area (Å²) in [6.07, 6.45) is -0.730. The first-order chi connectivity index (χ1) is 11.0. The summed E-state index contributed by atoms with van der Waals surface area (Å²) in [5.74, 6) is 0.674.